The third-order valence-corrected chi connectivity index (χ3v) is 5.16. The number of carboxylic acids is 1. The Balaban J connectivity index is 1.68. The lowest BCUT2D eigenvalue weighted by molar-refractivity contribution is -0.145. The van der Waals surface area contributed by atoms with Crippen LogP contribution < -0.4 is 5.32 Å². The number of hydrogen-bond acceptors (Lipinski definition) is 3. The van der Waals surface area contributed by atoms with Gasteiger partial charge >= 0.3 is 5.97 Å². The molecular weight excluding hydrogens is 246 g/mol. The van der Waals surface area contributed by atoms with Crippen molar-refractivity contribution in [1.82, 2.24) is 5.32 Å². The molecule has 6 atom stereocenters. The standard InChI is InChI=1S/C14H21NO4/c1-7-4-5-19-12(7)13(16)15-11-9-3-2-8(6-9)10(11)14(17)18/h7-12H,2-6H2,1H3,(H,15,16)(H,17,18). The average Bonchev–Trinajstić information content (AvgIpc) is 3.03. The summed E-state index contributed by atoms with van der Waals surface area (Å²) in [6, 6.07) is -0.194. The zero-order chi connectivity index (χ0) is 13.6. The highest BCUT2D eigenvalue weighted by Gasteiger charge is 2.52. The Hall–Kier alpha value is -1.10. The number of carboxylic acid groups (broad SMARTS) is 1. The summed E-state index contributed by atoms with van der Waals surface area (Å²) >= 11 is 0. The number of amides is 1. The quantitative estimate of drug-likeness (QED) is 0.800. The molecule has 2 aliphatic carbocycles. The first kappa shape index (κ1) is 12.9. The van der Waals surface area contributed by atoms with E-state index in [9.17, 15) is 14.7 Å². The molecule has 19 heavy (non-hydrogen) atoms. The highest BCUT2D eigenvalue weighted by Crippen LogP contribution is 2.48. The molecule has 1 heterocycles. The molecule has 1 amide bonds. The van der Waals surface area contributed by atoms with Gasteiger partial charge in [0.15, 0.2) is 0 Å². The van der Waals surface area contributed by atoms with Gasteiger partial charge in [-0.2, -0.15) is 0 Å². The van der Waals surface area contributed by atoms with Crippen LogP contribution in [0, 0.1) is 23.7 Å². The van der Waals surface area contributed by atoms with Gasteiger partial charge in [0.25, 0.3) is 0 Å². The van der Waals surface area contributed by atoms with Gasteiger partial charge in [0.1, 0.15) is 6.10 Å². The predicted molar refractivity (Wildman–Crippen MR) is 67.4 cm³/mol. The minimum Gasteiger partial charge on any atom is -0.481 e. The number of rotatable bonds is 3. The Labute approximate surface area is 112 Å². The molecule has 0 radical (unpaired) electrons. The summed E-state index contributed by atoms with van der Waals surface area (Å²) in [5, 5.41) is 12.3. The number of nitrogens with one attached hydrogen (secondary N) is 1. The monoisotopic (exact) mass is 267 g/mol. The molecule has 2 saturated carbocycles. The van der Waals surface area contributed by atoms with Crippen LogP contribution in [0.1, 0.15) is 32.6 Å². The van der Waals surface area contributed by atoms with E-state index in [2.05, 4.69) is 5.32 Å². The van der Waals surface area contributed by atoms with Crippen LogP contribution in [0.15, 0.2) is 0 Å². The van der Waals surface area contributed by atoms with Crippen LogP contribution in [0.4, 0.5) is 0 Å². The summed E-state index contributed by atoms with van der Waals surface area (Å²) in [7, 11) is 0. The van der Waals surface area contributed by atoms with Crippen molar-refractivity contribution in [2.24, 2.45) is 23.7 Å². The van der Waals surface area contributed by atoms with Crippen LogP contribution in [-0.4, -0.2) is 35.7 Å². The molecule has 0 spiro atoms. The molecule has 6 unspecified atom stereocenters. The average molecular weight is 267 g/mol. The second kappa shape index (κ2) is 4.78. The van der Waals surface area contributed by atoms with Crippen LogP contribution in [0.5, 0.6) is 0 Å². The topological polar surface area (TPSA) is 75.6 Å². The first-order valence-corrected chi connectivity index (χ1v) is 7.22. The Morgan fingerprint density at radius 3 is 2.58 bits per heavy atom. The van der Waals surface area contributed by atoms with E-state index in [4.69, 9.17) is 4.74 Å². The number of carbonyl (C=O) groups excluding carboxylic acids is 1. The van der Waals surface area contributed by atoms with E-state index >= 15 is 0 Å². The van der Waals surface area contributed by atoms with E-state index in [1.807, 2.05) is 6.92 Å². The van der Waals surface area contributed by atoms with Crippen LogP contribution >= 0.6 is 0 Å². The fraction of sp³-hybridized carbons (Fsp3) is 0.857. The Morgan fingerprint density at radius 1 is 1.21 bits per heavy atom. The SMILES string of the molecule is CC1CCOC1C(=O)NC1C2CCC(C2)C1C(=O)O. The van der Waals surface area contributed by atoms with Gasteiger partial charge in [-0.1, -0.05) is 6.92 Å². The number of carbonyl (C=O) groups is 2. The fourth-order valence-corrected chi connectivity index (χ4v) is 4.13. The zero-order valence-corrected chi connectivity index (χ0v) is 11.2. The second-order valence-electron chi connectivity index (χ2n) is 6.29. The van der Waals surface area contributed by atoms with Gasteiger partial charge in [0.2, 0.25) is 5.91 Å². The van der Waals surface area contributed by atoms with Gasteiger partial charge in [-0.05, 0) is 43.4 Å². The molecule has 5 nitrogen and oxygen atoms in total. The number of fused-ring (bicyclic) bond motifs is 2. The summed E-state index contributed by atoms with van der Waals surface area (Å²) in [5.41, 5.74) is 0. The number of hydrogen-bond donors (Lipinski definition) is 2. The van der Waals surface area contributed by atoms with Gasteiger partial charge in [0.05, 0.1) is 5.92 Å². The van der Waals surface area contributed by atoms with E-state index in [0.717, 1.165) is 25.7 Å². The first-order chi connectivity index (χ1) is 9.08. The number of ether oxygens (including phenoxy) is 1. The highest BCUT2D eigenvalue weighted by atomic mass is 16.5. The predicted octanol–water partition coefficient (Wildman–Crippen LogP) is 1.03. The summed E-state index contributed by atoms with van der Waals surface area (Å²) in [4.78, 5) is 23.6. The summed E-state index contributed by atoms with van der Waals surface area (Å²) < 4.78 is 5.45. The maximum atomic E-state index is 12.2. The van der Waals surface area contributed by atoms with Crippen molar-refractivity contribution in [2.75, 3.05) is 6.61 Å². The van der Waals surface area contributed by atoms with Crippen molar-refractivity contribution in [3.05, 3.63) is 0 Å². The minimum absolute atomic E-state index is 0.117. The Kier molecular flexibility index (Phi) is 3.25. The zero-order valence-electron chi connectivity index (χ0n) is 11.2. The normalized spacial score (nSPS) is 44.5. The first-order valence-electron chi connectivity index (χ1n) is 7.22. The molecule has 106 valence electrons. The van der Waals surface area contributed by atoms with E-state index in [-0.39, 0.29) is 23.8 Å². The van der Waals surface area contributed by atoms with E-state index in [0.29, 0.717) is 12.5 Å². The van der Waals surface area contributed by atoms with Crippen molar-refractivity contribution in [1.29, 1.82) is 0 Å². The maximum absolute atomic E-state index is 12.2. The Morgan fingerprint density at radius 2 is 1.95 bits per heavy atom. The maximum Gasteiger partial charge on any atom is 0.308 e. The van der Waals surface area contributed by atoms with Gasteiger partial charge in [-0.3, -0.25) is 9.59 Å². The minimum atomic E-state index is -0.766. The van der Waals surface area contributed by atoms with Crippen LogP contribution in [0.25, 0.3) is 0 Å². The molecular formula is C14H21NO4. The van der Waals surface area contributed by atoms with Crippen LogP contribution in [-0.2, 0) is 14.3 Å². The third kappa shape index (κ3) is 2.14. The molecule has 5 heteroatoms. The van der Waals surface area contributed by atoms with Crippen molar-refractivity contribution in [3.63, 3.8) is 0 Å². The van der Waals surface area contributed by atoms with Crippen LogP contribution in [0.2, 0.25) is 0 Å². The highest BCUT2D eigenvalue weighted by molar-refractivity contribution is 5.83. The molecule has 1 saturated heterocycles. The van der Waals surface area contributed by atoms with Gasteiger partial charge in [-0.15, -0.1) is 0 Å². The fourth-order valence-electron chi connectivity index (χ4n) is 4.13. The molecule has 2 N–H and O–H groups in total. The van der Waals surface area contributed by atoms with E-state index < -0.39 is 18.0 Å². The number of aliphatic carboxylic acids is 1. The molecule has 1 aliphatic heterocycles. The molecule has 0 aromatic heterocycles. The molecule has 0 aromatic carbocycles. The van der Waals surface area contributed by atoms with Crippen molar-refractivity contribution >= 4 is 11.9 Å². The summed E-state index contributed by atoms with van der Waals surface area (Å²) in [5.74, 6) is -0.477. The van der Waals surface area contributed by atoms with E-state index in [1.54, 1.807) is 0 Å². The third-order valence-electron chi connectivity index (χ3n) is 5.16. The van der Waals surface area contributed by atoms with Crippen LogP contribution in [0.3, 0.4) is 0 Å². The molecule has 3 aliphatic rings. The lowest BCUT2D eigenvalue weighted by atomic mass is 9.84. The largest absolute Gasteiger partial charge is 0.481 e. The molecule has 3 fully saturated rings. The van der Waals surface area contributed by atoms with Crippen molar-refractivity contribution in [2.45, 2.75) is 44.8 Å². The van der Waals surface area contributed by atoms with Crippen molar-refractivity contribution in [3.8, 4) is 0 Å². The van der Waals surface area contributed by atoms with Gasteiger partial charge in [0, 0.05) is 12.6 Å². The molecule has 3 rings (SSSR count). The summed E-state index contributed by atoms with van der Waals surface area (Å²) in [6.07, 6.45) is 3.49. The lowest BCUT2D eigenvalue weighted by Gasteiger charge is -2.30. The smallest absolute Gasteiger partial charge is 0.308 e. The van der Waals surface area contributed by atoms with Crippen molar-refractivity contribution < 1.29 is 19.4 Å². The second-order valence-corrected chi connectivity index (χ2v) is 6.29. The Bertz CT molecular complexity index is 397. The molecule has 0 aromatic rings. The van der Waals surface area contributed by atoms with Gasteiger partial charge in [-0.25, -0.2) is 0 Å². The summed E-state index contributed by atoms with van der Waals surface area (Å²) in [6.45, 7) is 2.63. The lowest BCUT2D eigenvalue weighted by Crippen LogP contribution is -2.50. The van der Waals surface area contributed by atoms with Gasteiger partial charge < -0.3 is 15.2 Å². The molecule has 2 bridgehead atoms. The van der Waals surface area contributed by atoms with E-state index in [1.165, 1.54) is 0 Å².